The van der Waals surface area contributed by atoms with Crippen molar-refractivity contribution in [2.45, 2.75) is 6.42 Å². The van der Waals surface area contributed by atoms with E-state index in [0.717, 1.165) is 11.1 Å². The Morgan fingerprint density at radius 2 is 2.00 bits per heavy atom. The van der Waals surface area contributed by atoms with E-state index >= 15 is 0 Å². The van der Waals surface area contributed by atoms with Crippen molar-refractivity contribution in [3.05, 3.63) is 64.9 Å². The molecule has 0 aliphatic carbocycles. The maximum absolute atomic E-state index is 13.0. The van der Waals surface area contributed by atoms with Gasteiger partial charge in [0.15, 0.2) is 0 Å². The molecule has 0 atom stereocenters. The molecular formula is C19H18ClFN2O2. The molecule has 0 unspecified atom stereocenters. The minimum atomic E-state index is -0.253. The van der Waals surface area contributed by atoms with Crippen LogP contribution in [0.5, 0.6) is 5.75 Å². The molecule has 0 bridgehead atoms. The molecule has 1 aliphatic heterocycles. The minimum Gasteiger partial charge on any atom is -0.495 e. The Kier molecular flexibility index (Phi) is 5.24. The van der Waals surface area contributed by atoms with E-state index in [4.69, 9.17) is 16.3 Å². The second-order valence-corrected chi connectivity index (χ2v) is 6.14. The van der Waals surface area contributed by atoms with Gasteiger partial charge in [0.1, 0.15) is 11.6 Å². The highest BCUT2D eigenvalue weighted by molar-refractivity contribution is 6.31. The topological polar surface area (TPSA) is 41.6 Å². The Hall–Kier alpha value is -2.53. The standard InChI is InChI=1S/C19H18ClFN2O2/c1-25-18-7-4-15(20)12-17(18)22-19(24)23-10-8-14(9-11-23)13-2-5-16(21)6-3-13/h2-8,12H,9-11H2,1H3,(H,22,24). The molecule has 6 heteroatoms. The summed E-state index contributed by atoms with van der Waals surface area (Å²) < 4.78 is 18.3. The van der Waals surface area contributed by atoms with Crippen LogP contribution in [0.15, 0.2) is 48.5 Å². The number of halogens is 2. The largest absolute Gasteiger partial charge is 0.495 e. The summed E-state index contributed by atoms with van der Waals surface area (Å²) in [4.78, 5) is 14.2. The number of carbonyl (C=O) groups excluding carboxylic acids is 1. The van der Waals surface area contributed by atoms with Gasteiger partial charge in [0.2, 0.25) is 0 Å². The van der Waals surface area contributed by atoms with Crippen molar-refractivity contribution in [2.75, 3.05) is 25.5 Å². The van der Waals surface area contributed by atoms with E-state index in [9.17, 15) is 9.18 Å². The summed E-state index contributed by atoms with van der Waals surface area (Å²) in [7, 11) is 1.54. The fourth-order valence-electron chi connectivity index (χ4n) is 2.75. The molecule has 1 N–H and O–H groups in total. The smallest absolute Gasteiger partial charge is 0.322 e. The molecule has 2 aromatic carbocycles. The van der Waals surface area contributed by atoms with Crippen LogP contribution in [0.25, 0.3) is 5.57 Å². The van der Waals surface area contributed by atoms with Crippen molar-refractivity contribution in [3.8, 4) is 5.75 Å². The fraction of sp³-hybridized carbons (Fsp3) is 0.211. The summed E-state index contributed by atoms with van der Waals surface area (Å²) in [6.07, 6.45) is 2.71. The Balaban J connectivity index is 1.67. The van der Waals surface area contributed by atoms with Crippen LogP contribution in [0.3, 0.4) is 0 Å². The lowest BCUT2D eigenvalue weighted by Gasteiger charge is -2.27. The number of nitrogens with zero attached hydrogens (tertiary/aromatic N) is 1. The summed E-state index contributed by atoms with van der Waals surface area (Å²) in [5, 5.41) is 3.35. The number of hydrogen-bond acceptors (Lipinski definition) is 2. The Morgan fingerprint density at radius 1 is 1.24 bits per heavy atom. The normalized spacial score (nSPS) is 14.0. The Morgan fingerprint density at radius 3 is 2.64 bits per heavy atom. The van der Waals surface area contributed by atoms with E-state index in [1.165, 1.54) is 19.2 Å². The van der Waals surface area contributed by atoms with Crippen molar-refractivity contribution in [1.82, 2.24) is 4.90 Å². The molecule has 0 fully saturated rings. The van der Waals surface area contributed by atoms with Gasteiger partial charge in [-0.15, -0.1) is 0 Å². The van der Waals surface area contributed by atoms with Gasteiger partial charge in [-0.2, -0.15) is 0 Å². The number of anilines is 1. The van der Waals surface area contributed by atoms with Crippen LogP contribution in [0, 0.1) is 5.82 Å². The summed E-state index contributed by atoms with van der Waals surface area (Å²) in [6.45, 7) is 1.07. The van der Waals surface area contributed by atoms with Crippen LogP contribution >= 0.6 is 11.6 Å². The van der Waals surface area contributed by atoms with E-state index in [2.05, 4.69) is 5.32 Å². The van der Waals surface area contributed by atoms with Gasteiger partial charge in [-0.3, -0.25) is 0 Å². The molecule has 0 saturated carbocycles. The zero-order valence-electron chi connectivity index (χ0n) is 13.8. The summed E-state index contributed by atoms with van der Waals surface area (Å²) in [6, 6.07) is 11.3. The monoisotopic (exact) mass is 360 g/mol. The lowest BCUT2D eigenvalue weighted by Crippen LogP contribution is -2.38. The number of benzene rings is 2. The highest BCUT2D eigenvalue weighted by Gasteiger charge is 2.19. The summed E-state index contributed by atoms with van der Waals surface area (Å²) >= 11 is 5.98. The number of hydrogen-bond donors (Lipinski definition) is 1. The maximum Gasteiger partial charge on any atom is 0.322 e. The zero-order chi connectivity index (χ0) is 17.8. The third-order valence-corrected chi connectivity index (χ3v) is 4.35. The average Bonchev–Trinajstić information content (AvgIpc) is 2.63. The molecular weight excluding hydrogens is 343 g/mol. The highest BCUT2D eigenvalue weighted by atomic mass is 35.5. The van der Waals surface area contributed by atoms with Crippen LogP contribution in [0.1, 0.15) is 12.0 Å². The summed E-state index contributed by atoms with van der Waals surface area (Å²) in [5.41, 5.74) is 2.63. The van der Waals surface area contributed by atoms with Gasteiger partial charge in [0, 0.05) is 18.1 Å². The van der Waals surface area contributed by atoms with E-state index in [-0.39, 0.29) is 11.8 Å². The van der Waals surface area contributed by atoms with Gasteiger partial charge in [-0.05, 0) is 47.9 Å². The van der Waals surface area contributed by atoms with Crippen LogP contribution in [-0.2, 0) is 0 Å². The summed E-state index contributed by atoms with van der Waals surface area (Å²) in [5.74, 6) is 0.300. The fourth-order valence-corrected chi connectivity index (χ4v) is 2.92. The second kappa shape index (κ2) is 7.57. The molecule has 2 amide bonds. The molecule has 0 spiro atoms. The molecule has 2 aromatic rings. The van der Waals surface area contributed by atoms with Crippen LogP contribution in [-0.4, -0.2) is 31.1 Å². The van der Waals surface area contributed by atoms with Gasteiger partial charge < -0.3 is 15.0 Å². The molecule has 1 heterocycles. The van der Waals surface area contributed by atoms with Crippen molar-refractivity contribution in [3.63, 3.8) is 0 Å². The van der Waals surface area contributed by atoms with Crippen LogP contribution < -0.4 is 10.1 Å². The van der Waals surface area contributed by atoms with E-state index in [1.54, 1.807) is 35.2 Å². The first-order valence-corrected chi connectivity index (χ1v) is 8.29. The van der Waals surface area contributed by atoms with Crippen LogP contribution in [0.2, 0.25) is 5.02 Å². The third-order valence-electron chi connectivity index (χ3n) is 4.11. The van der Waals surface area contributed by atoms with Crippen LogP contribution in [0.4, 0.5) is 14.9 Å². The first-order valence-electron chi connectivity index (χ1n) is 7.91. The average molecular weight is 361 g/mol. The number of carbonyl (C=O) groups is 1. The molecule has 3 rings (SSSR count). The van der Waals surface area contributed by atoms with Gasteiger partial charge in [0.05, 0.1) is 12.8 Å². The molecule has 0 radical (unpaired) electrons. The molecule has 1 aliphatic rings. The number of rotatable bonds is 3. The highest BCUT2D eigenvalue weighted by Crippen LogP contribution is 2.28. The van der Waals surface area contributed by atoms with Crippen molar-refractivity contribution < 1.29 is 13.9 Å². The second-order valence-electron chi connectivity index (χ2n) is 5.71. The predicted octanol–water partition coefficient (Wildman–Crippen LogP) is 4.81. The molecule has 25 heavy (non-hydrogen) atoms. The first kappa shape index (κ1) is 17.3. The van der Waals surface area contributed by atoms with E-state index in [1.807, 2.05) is 6.08 Å². The quantitative estimate of drug-likeness (QED) is 0.853. The van der Waals surface area contributed by atoms with Gasteiger partial charge >= 0.3 is 6.03 Å². The lowest BCUT2D eigenvalue weighted by atomic mass is 10.00. The number of ether oxygens (including phenoxy) is 1. The molecule has 4 nitrogen and oxygen atoms in total. The van der Waals surface area contributed by atoms with E-state index < -0.39 is 0 Å². The minimum absolute atomic E-state index is 0.213. The van der Waals surface area contributed by atoms with Gasteiger partial charge in [-0.25, -0.2) is 9.18 Å². The molecule has 0 saturated heterocycles. The number of urea groups is 1. The first-order chi connectivity index (χ1) is 12.1. The third kappa shape index (κ3) is 4.12. The van der Waals surface area contributed by atoms with Crippen molar-refractivity contribution in [2.24, 2.45) is 0 Å². The number of methoxy groups -OCH3 is 1. The Labute approximate surface area is 150 Å². The van der Waals surface area contributed by atoms with Crippen molar-refractivity contribution in [1.29, 1.82) is 0 Å². The van der Waals surface area contributed by atoms with Gasteiger partial charge in [0.25, 0.3) is 0 Å². The Bertz CT molecular complexity index is 806. The number of nitrogens with one attached hydrogen (secondary N) is 1. The maximum atomic E-state index is 13.0. The number of amides is 2. The molecule has 0 aromatic heterocycles. The lowest BCUT2D eigenvalue weighted by molar-refractivity contribution is 0.217. The molecule has 130 valence electrons. The van der Waals surface area contributed by atoms with Gasteiger partial charge in [-0.1, -0.05) is 29.8 Å². The van der Waals surface area contributed by atoms with Crippen molar-refractivity contribution >= 4 is 28.9 Å². The predicted molar refractivity (Wildman–Crippen MR) is 97.6 cm³/mol. The SMILES string of the molecule is COc1ccc(Cl)cc1NC(=O)N1CC=C(c2ccc(F)cc2)CC1. The zero-order valence-corrected chi connectivity index (χ0v) is 14.5. The van der Waals surface area contributed by atoms with E-state index in [0.29, 0.717) is 36.0 Å².